The Bertz CT molecular complexity index is 701. The van der Waals surface area contributed by atoms with E-state index in [-0.39, 0.29) is 5.78 Å². The molecular weight excluding hydrogens is 274 g/mol. The van der Waals surface area contributed by atoms with Gasteiger partial charge in [-0.15, -0.1) is 0 Å². The molecule has 0 atom stereocenters. The standard InChI is InChI=1S/C16H14F2N2O/c1-19-13-9-8-12(10-14(13)20(2)16(19,17)18)15(21)11-6-4-3-5-7-11/h3-10H,1-2H3. The number of anilines is 2. The second kappa shape index (κ2) is 4.55. The SMILES string of the molecule is CN1c2ccc(C(=O)c3ccccc3)cc2N(C)C1(F)F. The lowest BCUT2D eigenvalue weighted by Gasteiger charge is -2.26. The average molecular weight is 288 g/mol. The molecular formula is C16H14F2N2O. The van der Waals surface area contributed by atoms with Crippen LogP contribution in [0, 0.1) is 0 Å². The zero-order chi connectivity index (χ0) is 15.2. The first-order valence-corrected chi connectivity index (χ1v) is 6.52. The first-order valence-electron chi connectivity index (χ1n) is 6.52. The van der Waals surface area contributed by atoms with Crippen LogP contribution in [-0.2, 0) is 0 Å². The van der Waals surface area contributed by atoms with Crippen molar-refractivity contribution in [2.24, 2.45) is 0 Å². The molecule has 0 aromatic heterocycles. The molecule has 0 unspecified atom stereocenters. The molecule has 0 bridgehead atoms. The van der Waals surface area contributed by atoms with Crippen LogP contribution in [-0.4, -0.2) is 26.0 Å². The number of nitrogens with zero attached hydrogens (tertiary/aromatic N) is 2. The Hall–Kier alpha value is -2.43. The van der Waals surface area contributed by atoms with Crippen LogP contribution < -0.4 is 9.80 Å². The second-order valence-corrected chi connectivity index (χ2v) is 5.03. The van der Waals surface area contributed by atoms with Crippen LogP contribution in [0.15, 0.2) is 48.5 Å². The fraction of sp³-hybridized carbons (Fsp3) is 0.188. The van der Waals surface area contributed by atoms with E-state index in [1.54, 1.807) is 36.4 Å². The van der Waals surface area contributed by atoms with Crippen molar-refractivity contribution in [2.75, 3.05) is 23.9 Å². The molecule has 2 aromatic carbocycles. The van der Waals surface area contributed by atoms with Crippen molar-refractivity contribution in [1.29, 1.82) is 0 Å². The topological polar surface area (TPSA) is 23.6 Å². The fourth-order valence-electron chi connectivity index (χ4n) is 2.49. The van der Waals surface area contributed by atoms with Crippen LogP contribution in [0.4, 0.5) is 20.2 Å². The van der Waals surface area contributed by atoms with Crippen molar-refractivity contribution in [3.8, 4) is 0 Å². The third-order valence-corrected chi connectivity index (χ3v) is 3.80. The molecule has 5 heteroatoms. The predicted molar refractivity (Wildman–Crippen MR) is 78.1 cm³/mol. The van der Waals surface area contributed by atoms with E-state index in [0.29, 0.717) is 22.5 Å². The summed E-state index contributed by atoms with van der Waals surface area (Å²) >= 11 is 0. The molecule has 1 heterocycles. The quantitative estimate of drug-likeness (QED) is 0.625. The van der Waals surface area contributed by atoms with E-state index in [4.69, 9.17) is 0 Å². The lowest BCUT2D eigenvalue weighted by Crippen LogP contribution is -2.46. The lowest BCUT2D eigenvalue weighted by molar-refractivity contribution is 0.0122. The molecule has 3 nitrogen and oxygen atoms in total. The van der Waals surface area contributed by atoms with E-state index < -0.39 is 6.17 Å². The van der Waals surface area contributed by atoms with Crippen LogP contribution in [0.5, 0.6) is 0 Å². The molecule has 0 N–H and O–H groups in total. The second-order valence-electron chi connectivity index (χ2n) is 5.03. The predicted octanol–water partition coefficient (Wildman–Crippen LogP) is 3.35. The van der Waals surface area contributed by atoms with Crippen LogP contribution in [0.25, 0.3) is 0 Å². The van der Waals surface area contributed by atoms with Gasteiger partial charge in [0.2, 0.25) is 0 Å². The largest absolute Gasteiger partial charge is 0.413 e. The van der Waals surface area contributed by atoms with E-state index >= 15 is 0 Å². The van der Waals surface area contributed by atoms with Crippen LogP contribution >= 0.6 is 0 Å². The molecule has 1 aliphatic heterocycles. The number of alkyl halides is 2. The number of fused-ring (bicyclic) bond motifs is 1. The molecule has 0 fully saturated rings. The van der Waals surface area contributed by atoms with Crippen molar-refractivity contribution in [1.82, 2.24) is 0 Å². The summed E-state index contributed by atoms with van der Waals surface area (Å²) < 4.78 is 27.9. The minimum atomic E-state index is -3.09. The maximum Gasteiger partial charge on any atom is 0.413 e. The fourth-order valence-corrected chi connectivity index (χ4v) is 2.49. The number of hydrogen-bond acceptors (Lipinski definition) is 3. The molecule has 0 radical (unpaired) electrons. The molecule has 108 valence electrons. The summed E-state index contributed by atoms with van der Waals surface area (Å²) in [5.74, 6) is -0.176. The molecule has 0 saturated carbocycles. The van der Waals surface area contributed by atoms with Gasteiger partial charge in [-0.25, -0.2) is 0 Å². The van der Waals surface area contributed by atoms with Gasteiger partial charge in [-0.1, -0.05) is 30.3 Å². The van der Waals surface area contributed by atoms with Gasteiger partial charge in [-0.2, -0.15) is 8.78 Å². The van der Waals surface area contributed by atoms with E-state index in [1.165, 1.54) is 20.2 Å². The minimum Gasteiger partial charge on any atom is -0.295 e. The first kappa shape index (κ1) is 13.5. The van der Waals surface area contributed by atoms with Crippen molar-refractivity contribution < 1.29 is 13.6 Å². The molecule has 0 spiro atoms. The maximum absolute atomic E-state index is 13.9. The van der Waals surface area contributed by atoms with Gasteiger partial charge in [0.25, 0.3) is 0 Å². The van der Waals surface area contributed by atoms with Crippen LogP contribution in [0.2, 0.25) is 0 Å². The van der Waals surface area contributed by atoms with Crippen molar-refractivity contribution in [3.05, 3.63) is 59.7 Å². The third-order valence-electron chi connectivity index (χ3n) is 3.80. The molecule has 2 aromatic rings. The molecule has 0 aliphatic carbocycles. The van der Waals surface area contributed by atoms with Gasteiger partial charge < -0.3 is 0 Å². The summed E-state index contributed by atoms with van der Waals surface area (Å²) in [5.41, 5.74) is 1.70. The Morgan fingerprint density at radius 3 is 2.19 bits per heavy atom. The average Bonchev–Trinajstić information content (AvgIpc) is 2.68. The zero-order valence-corrected chi connectivity index (χ0v) is 11.7. The van der Waals surface area contributed by atoms with Gasteiger partial charge in [-0.05, 0) is 18.2 Å². The highest BCUT2D eigenvalue weighted by atomic mass is 19.3. The number of halogens is 2. The number of carbonyl (C=O) groups is 1. The first-order chi connectivity index (χ1) is 9.93. The Morgan fingerprint density at radius 1 is 0.905 bits per heavy atom. The third kappa shape index (κ3) is 1.96. The Balaban J connectivity index is 2.03. The zero-order valence-electron chi connectivity index (χ0n) is 11.7. The van der Waals surface area contributed by atoms with Gasteiger partial charge in [-0.3, -0.25) is 14.6 Å². The summed E-state index contributed by atoms with van der Waals surface area (Å²) in [5, 5.41) is 0. The van der Waals surface area contributed by atoms with Gasteiger partial charge >= 0.3 is 6.17 Å². The number of hydrogen-bond donors (Lipinski definition) is 0. The monoisotopic (exact) mass is 288 g/mol. The highest BCUT2D eigenvalue weighted by Gasteiger charge is 2.47. The summed E-state index contributed by atoms with van der Waals surface area (Å²) in [6.07, 6.45) is -3.09. The number of benzene rings is 2. The molecule has 1 aliphatic rings. The molecule has 0 saturated heterocycles. The lowest BCUT2D eigenvalue weighted by atomic mass is 10.0. The summed E-state index contributed by atoms with van der Waals surface area (Å²) in [4.78, 5) is 14.2. The highest BCUT2D eigenvalue weighted by Crippen LogP contribution is 2.45. The van der Waals surface area contributed by atoms with E-state index in [9.17, 15) is 13.6 Å². The van der Waals surface area contributed by atoms with Gasteiger partial charge in [0.1, 0.15) is 0 Å². The number of rotatable bonds is 2. The highest BCUT2D eigenvalue weighted by molar-refractivity contribution is 6.10. The number of ketones is 1. The van der Waals surface area contributed by atoms with Crippen molar-refractivity contribution >= 4 is 17.2 Å². The Labute approximate surface area is 121 Å². The Morgan fingerprint density at radius 2 is 1.52 bits per heavy atom. The Kier molecular flexibility index (Phi) is 2.93. The van der Waals surface area contributed by atoms with Crippen molar-refractivity contribution in [2.45, 2.75) is 6.17 Å². The summed E-state index contributed by atoms with van der Waals surface area (Å²) in [7, 11) is 2.65. The smallest absolute Gasteiger partial charge is 0.295 e. The summed E-state index contributed by atoms with van der Waals surface area (Å²) in [6.45, 7) is 0. The van der Waals surface area contributed by atoms with Gasteiger partial charge in [0.05, 0.1) is 11.4 Å². The van der Waals surface area contributed by atoms with Crippen molar-refractivity contribution in [3.63, 3.8) is 0 Å². The van der Waals surface area contributed by atoms with E-state index in [2.05, 4.69) is 0 Å². The van der Waals surface area contributed by atoms with E-state index in [0.717, 1.165) is 9.80 Å². The minimum absolute atomic E-state index is 0.176. The van der Waals surface area contributed by atoms with E-state index in [1.807, 2.05) is 6.07 Å². The van der Waals surface area contributed by atoms with Crippen LogP contribution in [0.3, 0.4) is 0 Å². The normalized spacial score (nSPS) is 16.0. The maximum atomic E-state index is 13.9. The van der Waals surface area contributed by atoms with Crippen LogP contribution in [0.1, 0.15) is 15.9 Å². The summed E-state index contributed by atoms with van der Waals surface area (Å²) in [6, 6.07) is 13.4. The molecule has 0 amide bonds. The molecule has 3 rings (SSSR count). The van der Waals surface area contributed by atoms with Gasteiger partial charge in [0.15, 0.2) is 5.78 Å². The number of carbonyl (C=O) groups excluding carboxylic acids is 1. The molecule has 21 heavy (non-hydrogen) atoms. The van der Waals surface area contributed by atoms with Gasteiger partial charge in [0, 0.05) is 25.2 Å².